The molecule has 2 N–H and O–H groups in total. The number of hydrogen-bond donors (Lipinski definition) is 2. The van der Waals surface area contributed by atoms with Crippen molar-refractivity contribution in [2.24, 2.45) is 50.2 Å². The lowest BCUT2D eigenvalue weighted by Crippen LogP contribution is -2.65. The lowest BCUT2D eigenvalue weighted by atomic mass is 9.33. The van der Waals surface area contributed by atoms with Gasteiger partial charge in [-0.25, -0.2) is 0 Å². The van der Waals surface area contributed by atoms with Gasteiger partial charge in [0.05, 0.1) is 24.7 Å². The van der Waals surface area contributed by atoms with Crippen molar-refractivity contribution >= 4 is 5.97 Å². The number of esters is 1. The normalized spacial score (nSPS) is 54.9. The predicted octanol–water partition coefficient (Wildman–Crippen LogP) is 6.29. The van der Waals surface area contributed by atoms with E-state index >= 15 is 0 Å². The smallest absolute Gasteiger partial charge is 0.311 e. The maximum absolute atomic E-state index is 12.9. The third-order valence-corrected chi connectivity index (χ3v) is 13.6. The Morgan fingerprint density at radius 2 is 1.54 bits per heavy atom. The lowest BCUT2D eigenvalue weighted by Gasteiger charge is -2.71. The first kappa shape index (κ1) is 25.8. The predicted molar refractivity (Wildman–Crippen MR) is 138 cm³/mol. The number of methoxy groups -OCH3 is 1. The Morgan fingerprint density at radius 1 is 0.857 bits per heavy atom. The number of aliphatic hydroxyl groups excluding tert-OH is 2. The molecule has 5 aliphatic carbocycles. The highest BCUT2D eigenvalue weighted by Crippen LogP contribution is 2.75. The van der Waals surface area contributed by atoms with Crippen molar-refractivity contribution in [3.05, 3.63) is 11.6 Å². The van der Waals surface area contributed by atoms with Crippen molar-refractivity contribution in [3.63, 3.8) is 0 Å². The number of allylic oxidation sites excluding steroid dienone is 2. The number of carbonyl (C=O) groups excluding carboxylic acids is 1. The molecule has 0 bridgehead atoms. The minimum absolute atomic E-state index is 0.0415. The SMILES string of the molecule is COC(=O)C1(C)CC(O)C2(C)CCC3(C)C(=CCC4C5(C)CCC(O)C(C)(C)C5CCC43C)C2C1. The second kappa shape index (κ2) is 7.59. The summed E-state index contributed by atoms with van der Waals surface area (Å²) in [4.78, 5) is 12.9. The van der Waals surface area contributed by atoms with Gasteiger partial charge in [0.15, 0.2) is 0 Å². The molecule has 0 radical (unpaired) electrons. The molecular formula is C31H50O4. The van der Waals surface area contributed by atoms with E-state index in [1.807, 2.05) is 6.92 Å². The second-order valence-electron chi connectivity index (χ2n) is 15.2. The van der Waals surface area contributed by atoms with Gasteiger partial charge in [0.25, 0.3) is 0 Å². The van der Waals surface area contributed by atoms with Crippen LogP contribution in [0.15, 0.2) is 11.6 Å². The molecule has 0 amide bonds. The van der Waals surface area contributed by atoms with Gasteiger partial charge < -0.3 is 14.9 Å². The van der Waals surface area contributed by atoms with E-state index in [0.717, 1.165) is 38.5 Å². The van der Waals surface area contributed by atoms with Crippen molar-refractivity contribution in [3.8, 4) is 0 Å². The van der Waals surface area contributed by atoms with Crippen LogP contribution in [0.1, 0.15) is 106 Å². The van der Waals surface area contributed by atoms with Crippen molar-refractivity contribution in [1.82, 2.24) is 0 Å². The van der Waals surface area contributed by atoms with Gasteiger partial charge in [0.1, 0.15) is 0 Å². The molecule has 4 saturated carbocycles. The Kier molecular flexibility index (Phi) is 5.59. The van der Waals surface area contributed by atoms with Crippen LogP contribution in [0.25, 0.3) is 0 Å². The molecule has 0 aromatic heterocycles. The van der Waals surface area contributed by atoms with Gasteiger partial charge in [-0.2, -0.15) is 0 Å². The first-order chi connectivity index (χ1) is 16.1. The van der Waals surface area contributed by atoms with Crippen molar-refractivity contribution in [1.29, 1.82) is 0 Å². The van der Waals surface area contributed by atoms with Crippen LogP contribution in [-0.4, -0.2) is 35.5 Å². The molecule has 0 aliphatic heterocycles. The molecule has 10 atom stereocenters. The maximum Gasteiger partial charge on any atom is 0.311 e. The zero-order chi connectivity index (χ0) is 25.8. The fourth-order valence-electron chi connectivity index (χ4n) is 10.9. The van der Waals surface area contributed by atoms with Gasteiger partial charge in [0.2, 0.25) is 0 Å². The average molecular weight is 487 g/mol. The Hall–Kier alpha value is -0.870. The van der Waals surface area contributed by atoms with E-state index in [1.54, 1.807) is 0 Å². The van der Waals surface area contributed by atoms with Crippen LogP contribution in [0, 0.1) is 50.2 Å². The Bertz CT molecular complexity index is 938. The number of aliphatic hydroxyl groups is 2. The molecule has 0 aromatic carbocycles. The standard InChI is InChI=1S/C31H50O4/c1-26(2)21-11-14-31(7)22(29(21,5)13-12-23(26)32)10-9-19-20-17-27(3,25(34)35-8)18-24(33)28(20,4)15-16-30(19,31)6/h9,20-24,32-33H,10-18H2,1-8H3. The van der Waals surface area contributed by atoms with E-state index in [9.17, 15) is 15.0 Å². The van der Waals surface area contributed by atoms with Crippen LogP contribution in [0.5, 0.6) is 0 Å². The Balaban J connectivity index is 1.58. The molecule has 10 unspecified atom stereocenters. The van der Waals surface area contributed by atoms with Crippen LogP contribution in [0.3, 0.4) is 0 Å². The second-order valence-corrected chi connectivity index (χ2v) is 15.2. The van der Waals surface area contributed by atoms with Crippen LogP contribution in [-0.2, 0) is 9.53 Å². The van der Waals surface area contributed by atoms with Crippen LogP contribution >= 0.6 is 0 Å². The minimum atomic E-state index is -0.637. The summed E-state index contributed by atoms with van der Waals surface area (Å²) in [5.41, 5.74) is 1.15. The minimum Gasteiger partial charge on any atom is -0.469 e. The van der Waals surface area contributed by atoms with Crippen LogP contribution < -0.4 is 0 Å². The molecule has 35 heavy (non-hydrogen) atoms. The fraction of sp³-hybridized carbons (Fsp3) is 0.903. The molecule has 0 aromatic rings. The van der Waals surface area contributed by atoms with E-state index in [1.165, 1.54) is 25.5 Å². The molecule has 0 saturated heterocycles. The van der Waals surface area contributed by atoms with Gasteiger partial charge in [-0.05, 0) is 104 Å². The van der Waals surface area contributed by atoms with E-state index in [0.29, 0.717) is 18.3 Å². The van der Waals surface area contributed by atoms with E-state index in [4.69, 9.17) is 4.74 Å². The summed E-state index contributed by atoms with van der Waals surface area (Å²) in [6, 6.07) is 0. The topological polar surface area (TPSA) is 66.8 Å². The molecule has 4 nitrogen and oxygen atoms in total. The molecule has 0 heterocycles. The molecule has 0 spiro atoms. The molecule has 4 fully saturated rings. The van der Waals surface area contributed by atoms with Gasteiger partial charge in [-0.1, -0.05) is 53.2 Å². The zero-order valence-electron chi connectivity index (χ0n) is 23.5. The number of hydrogen-bond acceptors (Lipinski definition) is 4. The third kappa shape index (κ3) is 3.08. The number of carbonyl (C=O) groups is 1. The monoisotopic (exact) mass is 486 g/mol. The van der Waals surface area contributed by atoms with Gasteiger partial charge >= 0.3 is 5.97 Å². The summed E-state index contributed by atoms with van der Waals surface area (Å²) < 4.78 is 5.23. The van der Waals surface area contributed by atoms with Crippen molar-refractivity contribution < 1.29 is 19.7 Å². The van der Waals surface area contributed by atoms with Gasteiger partial charge in [-0.15, -0.1) is 0 Å². The molecule has 198 valence electrons. The van der Waals surface area contributed by atoms with E-state index in [-0.39, 0.29) is 45.1 Å². The number of rotatable bonds is 1. The van der Waals surface area contributed by atoms with Crippen LogP contribution in [0.4, 0.5) is 0 Å². The van der Waals surface area contributed by atoms with Crippen LogP contribution in [0.2, 0.25) is 0 Å². The maximum atomic E-state index is 12.9. The number of ether oxygens (including phenoxy) is 1. The first-order valence-corrected chi connectivity index (χ1v) is 14.3. The highest BCUT2D eigenvalue weighted by Gasteiger charge is 2.69. The van der Waals surface area contributed by atoms with Crippen molar-refractivity contribution in [2.45, 2.75) is 118 Å². The fourth-order valence-corrected chi connectivity index (χ4v) is 10.9. The quantitative estimate of drug-likeness (QED) is 0.337. The lowest BCUT2D eigenvalue weighted by molar-refractivity contribution is -0.209. The largest absolute Gasteiger partial charge is 0.469 e. The number of fused-ring (bicyclic) bond motifs is 7. The summed E-state index contributed by atoms with van der Waals surface area (Å²) in [5, 5.41) is 22.3. The van der Waals surface area contributed by atoms with Gasteiger partial charge in [0, 0.05) is 5.41 Å². The molecular weight excluding hydrogens is 436 g/mol. The Morgan fingerprint density at radius 3 is 2.20 bits per heavy atom. The van der Waals surface area contributed by atoms with Gasteiger partial charge in [-0.3, -0.25) is 4.79 Å². The van der Waals surface area contributed by atoms with Crippen molar-refractivity contribution in [2.75, 3.05) is 7.11 Å². The average Bonchev–Trinajstić information content (AvgIpc) is 2.78. The first-order valence-electron chi connectivity index (χ1n) is 14.3. The summed E-state index contributed by atoms with van der Waals surface area (Å²) in [5.74, 6) is 1.17. The summed E-state index contributed by atoms with van der Waals surface area (Å²) in [6.07, 6.45) is 10.7. The highest BCUT2D eigenvalue weighted by atomic mass is 16.5. The molecule has 4 heteroatoms. The summed E-state index contributed by atoms with van der Waals surface area (Å²) in [7, 11) is 1.48. The summed E-state index contributed by atoms with van der Waals surface area (Å²) >= 11 is 0. The van der Waals surface area contributed by atoms with E-state index < -0.39 is 11.5 Å². The summed E-state index contributed by atoms with van der Waals surface area (Å²) in [6.45, 7) is 16.5. The molecule has 5 aliphatic rings. The highest BCUT2D eigenvalue weighted by molar-refractivity contribution is 5.76. The third-order valence-electron chi connectivity index (χ3n) is 13.6. The Labute approximate surface area is 213 Å². The zero-order valence-corrected chi connectivity index (χ0v) is 23.5. The van der Waals surface area contributed by atoms with E-state index in [2.05, 4.69) is 47.6 Å². The molecule has 5 rings (SSSR count).